The third kappa shape index (κ3) is 4.40. The van der Waals surface area contributed by atoms with Gasteiger partial charge in [0.15, 0.2) is 11.9 Å². The molecule has 9 heteroatoms. The van der Waals surface area contributed by atoms with Crippen LogP contribution in [0.25, 0.3) is 0 Å². The Kier molecular flexibility index (Phi) is 6.03. The summed E-state index contributed by atoms with van der Waals surface area (Å²) in [4.78, 5) is 37.3. The van der Waals surface area contributed by atoms with E-state index in [4.69, 9.17) is 14.2 Å². The number of nitro groups is 1. The summed E-state index contributed by atoms with van der Waals surface area (Å²) in [5.74, 6) is -0.106. The second-order valence-electron chi connectivity index (χ2n) is 8.68. The Hall–Kier alpha value is -2.68. The Morgan fingerprint density at radius 3 is 2.50 bits per heavy atom. The second-order valence-corrected chi connectivity index (χ2v) is 8.68. The molecular weight excluding hydrogens is 392 g/mol. The summed E-state index contributed by atoms with van der Waals surface area (Å²) in [7, 11) is 1.52. The molecule has 30 heavy (non-hydrogen) atoms. The van der Waals surface area contributed by atoms with Crippen LogP contribution in [0.4, 0.5) is 10.5 Å². The van der Waals surface area contributed by atoms with Crippen LogP contribution in [-0.2, 0) is 27.1 Å². The molecule has 0 aliphatic carbocycles. The van der Waals surface area contributed by atoms with Crippen molar-refractivity contribution in [3.63, 3.8) is 0 Å². The number of amides is 1. The number of hydrogen-bond donors (Lipinski definition) is 0. The number of carbonyl (C=O) groups excluding carboxylic acids is 2. The van der Waals surface area contributed by atoms with E-state index in [0.717, 1.165) is 11.1 Å². The monoisotopic (exact) mass is 420 g/mol. The predicted octanol–water partition coefficient (Wildman–Crippen LogP) is 3.36. The van der Waals surface area contributed by atoms with Crippen molar-refractivity contribution in [3.05, 3.63) is 32.9 Å². The lowest BCUT2D eigenvalue weighted by molar-refractivity contribution is -0.386. The van der Waals surface area contributed by atoms with E-state index in [0.29, 0.717) is 37.9 Å². The van der Waals surface area contributed by atoms with Crippen molar-refractivity contribution in [1.29, 1.82) is 0 Å². The first-order valence-electron chi connectivity index (χ1n) is 10.0. The number of ether oxygens (including phenoxy) is 3. The van der Waals surface area contributed by atoms with Gasteiger partial charge in [0.2, 0.25) is 5.75 Å². The van der Waals surface area contributed by atoms with E-state index in [-0.39, 0.29) is 17.2 Å². The zero-order valence-corrected chi connectivity index (χ0v) is 18.0. The molecule has 0 aromatic heterocycles. The quantitative estimate of drug-likeness (QED) is 0.545. The number of methoxy groups -OCH3 is 1. The number of benzene rings is 1. The van der Waals surface area contributed by atoms with Gasteiger partial charge in [-0.3, -0.25) is 14.9 Å². The minimum absolute atomic E-state index is 0.0998. The molecule has 0 fully saturated rings. The average Bonchev–Trinajstić information content (AvgIpc) is 2.87. The van der Waals surface area contributed by atoms with Gasteiger partial charge in [-0.25, -0.2) is 4.79 Å². The lowest BCUT2D eigenvalue weighted by atomic mass is 9.87. The van der Waals surface area contributed by atoms with E-state index in [1.165, 1.54) is 20.1 Å². The molecule has 9 nitrogen and oxygen atoms in total. The van der Waals surface area contributed by atoms with E-state index < -0.39 is 28.8 Å². The highest BCUT2D eigenvalue weighted by Gasteiger charge is 2.39. The summed E-state index contributed by atoms with van der Waals surface area (Å²) in [6.07, 6.45) is -0.456. The molecule has 2 atom stereocenters. The molecule has 164 valence electrons. The maximum absolute atomic E-state index is 12.5. The van der Waals surface area contributed by atoms with E-state index in [2.05, 4.69) is 0 Å². The standard InChI is InChI=1S/C21H28N2O7/c1-12(24)16-11-17(28-5)18-14-7-9-22(20(25)30-21(2,3)4)8-6-13(14)10-15(23(26)27)19(18)29-16/h10,16-17H,6-9,11H2,1-5H3. The molecule has 1 aromatic carbocycles. The molecular formula is C21H28N2O7. The summed E-state index contributed by atoms with van der Waals surface area (Å²) >= 11 is 0. The number of fused-ring (bicyclic) bond motifs is 3. The molecule has 0 saturated carbocycles. The first-order chi connectivity index (χ1) is 14.0. The lowest BCUT2D eigenvalue weighted by Crippen LogP contribution is -2.38. The summed E-state index contributed by atoms with van der Waals surface area (Å²) in [5, 5.41) is 11.8. The van der Waals surface area contributed by atoms with Crippen LogP contribution in [0.2, 0.25) is 0 Å². The van der Waals surface area contributed by atoms with Crippen molar-refractivity contribution in [1.82, 2.24) is 4.90 Å². The molecule has 2 heterocycles. The highest BCUT2D eigenvalue weighted by molar-refractivity contribution is 5.82. The largest absolute Gasteiger partial charge is 0.475 e. The van der Waals surface area contributed by atoms with Crippen molar-refractivity contribution in [2.24, 2.45) is 0 Å². The fourth-order valence-corrected chi connectivity index (χ4v) is 3.97. The third-order valence-electron chi connectivity index (χ3n) is 5.38. The molecule has 2 aliphatic rings. The maximum atomic E-state index is 12.5. The number of ketones is 1. The van der Waals surface area contributed by atoms with Gasteiger partial charge in [-0.15, -0.1) is 0 Å². The lowest BCUT2D eigenvalue weighted by Gasteiger charge is -2.32. The van der Waals surface area contributed by atoms with Crippen LogP contribution in [0.15, 0.2) is 6.07 Å². The van der Waals surface area contributed by atoms with Gasteiger partial charge in [-0.1, -0.05) is 0 Å². The van der Waals surface area contributed by atoms with E-state index in [1.807, 2.05) is 20.8 Å². The molecule has 2 unspecified atom stereocenters. The molecule has 0 bridgehead atoms. The molecule has 3 rings (SSSR count). The minimum atomic E-state index is -0.789. The van der Waals surface area contributed by atoms with Gasteiger partial charge in [-0.05, 0) is 51.7 Å². The Labute approximate surface area is 175 Å². The fourth-order valence-electron chi connectivity index (χ4n) is 3.97. The highest BCUT2D eigenvalue weighted by Crippen LogP contribution is 2.46. The predicted molar refractivity (Wildman–Crippen MR) is 108 cm³/mol. The van der Waals surface area contributed by atoms with Crippen molar-refractivity contribution in [3.8, 4) is 5.75 Å². The number of nitrogens with zero attached hydrogens (tertiary/aromatic N) is 2. The van der Waals surface area contributed by atoms with E-state index >= 15 is 0 Å². The van der Waals surface area contributed by atoms with Crippen molar-refractivity contribution in [2.45, 2.75) is 64.8 Å². The van der Waals surface area contributed by atoms with Crippen LogP contribution < -0.4 is 4.74 Å². The Bertz CT molecular complexity index is 875. The van der Waals surface area contributed by atoms with Gasteiger partial charge in [0, 0.05) is 38.2 Å². The summed E-state index contributed by atoms with van der Waals surface area (Å²) in [6.45, 7) is 7.64. The first kappa shape index (κ1) is 22.0. The van der Waals surface area contributed by atoms with Crippen LogP contribution in [0.1, 0.15) is 56.9 Å². The minimum Gasteiger partial charge on any atom is -0.475 e. The molecule has 0 radical (unpaired) electrons. The van der Waals surface area contributed by atoms with Gasteiger partial charge < -0.3 is 19.1 Å². The van der Waals surface area contributed by atoms with Crippen molar-refractivity contribution < 1.29 is 28.7 Å². The summed E-state index contributed by atoms with van der Waals surface area (Å²) in [6, 6.07) is 1.50. The van der Waals surface area contributed by atoms with E-state index in [1.54, 1.807) is 4.90 Å². The van der Waals surface area contributed by atoms with Gasteiger partial charge in [-0.2, -0.15) is 0 Å². The Morgan fingerprint density at radius 2 is 1.93 bits per heavy atom. The van der Waals surface area contributed by atoms with Gasteiger partial charge in [0.05, 0.1) is 11.0 Å². The highest BCUT2D eigenvalue weighted by atomic mass is 16.6. The first-order valence-corrected chi connectivity index (χ1v) is 10.0. The van der Waals surface area contributed by atoms with Crippen molar-refractivity contribution in [2.75, 3.05) is 20.2 Å². The molecule has 0 spiro atoms. The number of rotatable bonds is 3. The SMILES string of the molecule is COC1CC(C(C)=O)Oc2c([N+](=O)[O-])cc3c(c21)CCN(C(=O)OC(C)(C)C)CC3. The molecule has 0 saturated heterocycles. The van der Waals surface area contributed by atoms with Crippen LogP contribution in [0.3, 0.4) is 0 Å². The normalized spacial score (nSPS) is 21.0. The zero-order valence-electron chi connectivity index (χ0n) is 18.0. The second kappa shape index (κ2) is 8.22. The Balaban J connectivity index is 2.01. The number of nitro benzene ring substituents is 1. The number of carbonyl (C=O) groups is 2. The van der Waals surface area contributed by atoms with Gasteiger partial charge >= 0.3 is 11.8 Å². The van der Waals surface area contributed by atoms with Crippen LogP contribution in [-0.4, -0.2) is 53.6 Å². The number of hydrogen-bond acceptors (Lipinski definition) is 7. The molecule has 2 aliphatic heterocycles. The summed E-state index contributed by atoms with van der Waals surface area (Å²) in [5.41, 5.74) is 1.51. The van der Waals surface area contributed by atoms with Crippen LogP contribution in [0, 0.1) is 10.1 Å². The Morgan fingerprint density at radius 1 is 1.27 bits per heavy atom. The molecule has 0 N–H and O–H groups in total. The number of Topliss-reactive ketones (excluding diaryl/α,β-unsaturated/α-hetero) is 1. The topological polar surface area (TPSA) is 108 Å². The fraction of sp³-hybridized carbons (Fsp3) is 0.619. The third-order valence-corrected chi connectivity index (χ3v) is 5.38. The maximum Gasteiger partial charge on any atom is 0.410 e. The zero-order chi connectivity index (χ0) is 22.2. The smallest absolute Gasteiger partial charge is 0.410 e. The van der Waals surface area contributed by atoms with Crippen LogP contribution >= 0.6 is 0 Å². The molecule has 1 amide bonds. The van der Waals surface area contributed by atoms with Crippen molar-refractivity contribution >= 4 is 17.6 Å². The van der Waals surface area contributed by atoms with Gasteiger partial charge in [0.1, 0.15) is 5.60 Å². The van der Waals surface area contributed by atoms with E-state index in [9.17, 15) is 19.7 Å². The summed E-state index contributed by atoms with van der Waals surface area (Å²) < 4.78 is 16.9. The molecule has 1 aromatic rings. The van der Waals surface area contributed by atoms with Gasteiger partial charge in [0.25, 0.3) is 0 Å². The average molecular weight is 420 g/mol. The van der Waals surface area contributed by atoms with Crippen LogP contribution in [0.5, 0.6) is 5.75 Å².